The van der Waals surface area contributed by atoms with Gasteiger partial charge in [0, 0.05) is 0 Å². The van der Waals surface area contributed by atoms with Gasteiger partial charge in [0.2, 0.25) is 0 Å². The Morgan fingerprint density at radius 2 is 1.62 bits per heavy atom. The maximum atomic E-state index is 11.6. The Kier molecular flexibility index (Phi) is 5.85. The Balaban J connectivity index is 4.39. The first-order chi connectivity index (χ1) is 7.36. The van der Waals surface area contributed by atoms with Crippen molar-refractivity contribution in [2.75, 3.05) is 13.2 Å². The highest BCUT2D eigenvalue weighted by Crippen LogP contribution is 2.25. The number of hydrogen-bond acceptors (Lipinski definition) is 5. The van der Waals surface area contributed by atoms with Crippen LogP contribution >= 0.6 is 0 Å². The summed E-state index contributed by atoms with van der Waals surface area (Å²) in [7, 11) is 0. The fraction of sp³-hybridized carbons (Fsp3) is 0.818. The first-order valence-electron chi connectivity index (χ1n) is 5.36. The molecule has 16 heavy (non-hydrogen) atoms. The van der Waals surface area contributed by atoms with Crippen molar-refractivity contribution in [1.82, 2.24) is 0 Å². The van der Waals surface area contributed by atoms with Gasteiger partial charge in [0.25, 0.3) is 0 Å². The standard InChI is InChI=1S/C11H20O5/c1-6-14-9(12)11(4,5)8(3)16-10(13)15-7-2/h8H,6-7H2,1-5H3. The molecule has 0 saturated carbocycles. The summed E-state index contributed by atoms with van der Waals surface area (Å²) in [4.78, 5) is 22.7. The molecule has 1 unspecified atom stereocenters. The molecule has 0 heterocycles. The summed E-state index contributed by atoms with van der Waals surface area (Å²) in [6.45, 7) is 8.91. The van der Waals surface area contributed by atoms with Gasteiger partial charge < -0.3 is 14.2 Å². The molecule has 0 aliphatic carbocycles. The number of carbonyl (C=O) groups is 2. The molecule has 0 rings (SSSR count). The average molecular weight is 232 g/mol. The Hall–Kier alpha value is -1.26. The van der Waals surface area contributed by atoms with Crippen molar-refractivity contribution in [3.63, 3.8) is 0 Å². The van der Waals surface area contributed by atoms with Crippen LogP contribution in [0.2, 0.25) is 0 Å². The van der Waals surface area contributed by atoms with Gasteiger partial charge in [0.1, 0.15) is 6.10 Å². The molecule has 0 fully saturated rings. The number of ether oxygens (including phenoxy) is 3. The van der Waals surface area contributed by atoms with Gasteiger partial charge in [-0.15, -0.1) is 0 Å². The van der Waals surface area contributed by atoms with Crippen molar-refractivity contribution in [1.29, 1.82) is 0 Å². The van der Waals surface area contributed by atoms with Crippen LogP contribution in [0.3, 0.4) is 0 Å². The number of esters is 1. The molecule has 94 valence electrons. The third kappa shape index (κ3) is 4.08. The second-order valence-corrected chi connectivity index (χ2v) is 3.89. The molecule has 1 atom stereocenters. The monoisotopic (exact) mass is 232 g/mol. The smallest absolute Gasteiger partial charge is 0.465 e. The molecule has 0 aromatic rings. The molecule has 0 aromatic carbocycles. The molecule has 5 heteroatoms. The molecule has 0 aliphatic rings. The predicted octanol–water partition coefficient (Wildman–Crippen LogP) is 2.14. The van der Waals surface area contributed by atoms with E-state index in [-0.39, 0.29) is 6.61 Å². The quantitative estimate of drug-likeness (QED) is 0.679. The molecule has 0 N–H and O–H groups in total. The topological polar surface area (TPSA) is 61.8 Å². The maximum Gasteiger partial charge on any atom is 0.508 e. The molecule has 0 amide bonds. The first-order valence-corrected chi connectivity index (χ1v) is 5.36. The van der Waals surface area contributed by atoms with Gasteiger partial charge in [-0.2, -0.15) is 0 Å². The Morgan fingerprint density at radius 3 is 2.06 bits per heavy atom. The Morgan fingerprint density at radius 1 is 1.12 bits per heavy atom. The fourth-order valence-electron chi connectivity index (χ4n) is 0.927. The summed E-state index contributed by atoms with van der Waals surface area (Å²) in [5.74, 6) is -0.396. The summed E-state index contributed by atoms with van der Waals surface area (Å²) in [6, 6.07) is 0. The molecule has 0 spiro atoms. The number of carbonyl (C=O) groups excluding carboxylic acids is 2. The largest absolute Gasteiger partial charge is 0.508 e. The molecular weight excluding hydrogens is 212 g/mol. The van der Waals surface area contributed by atoms with E-state index < -0.39 is 23.6 Å². The second-order valence-electron chi connectivity index (χ2n) is 3.89. The maximum absolute atomic E-state index is 11.6. The van der Waals surface area contributed by atoms with Crippen molar-refractivity contribution in [2.24, 2.45) is 5.41 Å². The lowest BCUT2D eigenvalue weighted by molar-refractivity contribution is -0.160. The molecule has 0 saturated heterocycles. The van der Waals surface area contributed by atoms with Crippen molar-refractivity contribution < 1.29 is 23.8 Å². The van der Waals surface area contributed by atoms with Gasteiger partial charge in [-0.05, 0) is 34.6 Å². The van der Waals surface area contributed by atoms with Crippen LogP contribution in [0.1, 0.15) is 34.6 Å². The van der Waals surface area contributed by atoms with Gasteiger partial charge >= 0.3 is 12.1 Å². The molecule has 0 aromatic heterocycles. The van der Waals surface area contributed by atoms with Crippen LogP contribution in [0.15, 0.2) is 0 Å². The van der Waals surface area contributed by atoms with E-state index in [0.29, 0.717) is 6.61 Å². The molecule has 0 radical (unpaired) electrons. The van der Waals surface area contributed by atoms with Crippen molar-refractivity contribution >= 4 is 12.1 Å². The zero-order valence-corrected chi connectivity index (χ0v) is 10.5. The van der Waals surface area contributed by atoms with Crippen LogP contribution in [0.25, 0.3) is 0 Å². The Labute approximate surface area is 96.1 Å². The van der Waals surface area contributed by atoms with Crippen molar-refractivity contribution in [3.05, 3.63) is 0 Å². The minimum atomic E-state index is -0.886. The van der Waals surface area contributed by atoms with E-state index >= 15 is 0 Å². The van der Waals surface area contributed by atoms with Crippen molar-refractivity contribution in [3.8, 4) is 0 Å². The van der Waals surface area contributed by atoms with Gasteiger partial charge in [-0.1, -0.05) is 0 Å². The molecular formula is C11H20O5. The highest BCUT2D eigenvalue weighted by atomic mass is 16.7. The summed E-state index contributed by atoms with van der Waals surface area (Å²) < 4.78 is 14.5. The minimum absolute atomic E-state index is 0.241. The van der Waals surface area contributed by atoms with Crippen LogP contribution in [-0.2, 0) is 19.0 Å². The Bertz CT molecular complexity index is 247. The summed E-state index contributed by atoms with van der Waals surface area (Å²) >= 11 is 0. The van der Waals surface area contributed by atoms with E-state index in [9.17, 15) is 9.59 Å². The molecule has 5 nitrogen and oxygen atoms in total. The zero-order chi connectivity index (χ0) is 12.8. The summed E-state index contributed by atoms with van der Waals surface area (Å²) in [5.41, 5.74) is -0.886. The van der Waals surface area contributed by atoms with Crippen LogP contribution in [0.5, 0.6) is 0 Å². The first kappa shape index (κ1) is 14.7. The van der Waals surface area contributed by atoms with Crippen LogP contribution in [0, 0.1) is 5.41 Å². The highest BCUT2D eigenvalue weighted by Gasteiger charge is 2.38. The van der Waals surface area contributed by atoms with Gasteiger partial charge in [-0.25, -0.2) is 4.79 Å². The van der Waals surface area contributed by atoms with E-state index in [0.717, 1.165) is 0 Å². The predicted molar refractivity (Wildman–Crippen MR) is 58.0 cm³/mol. The van der Waals surface area contributed by atoms with Crippen LogP contribution < -0.4 is 0 Å². The normalized spacial score (nSPS) is 12.8. The van der Waals surface area contributed by atoms with Crippen molar-refractivity contribution in [2.45, 2.75) is 40.7 Å². The minimum Gasteiger partial charge on any atom is -0.465 e. The van der Waals surface area contributed by atoms with Crippen LogP contribution in [0.4, 0.5) is 4.79 Å². The number of hydrogen-bond donors (Lipinski definition) is 0. The molecule has 0 aliphatic heterocycles. The van der Waals surface area contributed by atoms with Gasteiger partial charge in [0.05, 0.1) is 18.6 Å². The van der Waals surface area contributed by atoms with E-state index in [4.69, 9.17) is 9.47 Å². The highest BCUT2D eigenvalue weighted by molar-refractivity contribution is 5.77. The van der Waals surface area contributed by atoms with Gasteiger partial charge in [0.15, 0.2) is 0 Å². The summed E-state index contributed by atoms with van der Waals surface area (Å²) in [6.07, 6.45) is -1.38. The third-order valence-electron chi connectivity index (χ3n) is 2.35. The number of rotatable bonds is 5. The third-order valence-corrected chi connectivity index (χ3v) is 2.35. The SMILES string of the molecule is CCOC(=O)OC(C)C(C)(C)C(=O)OCC. The summed E-state index contributed by atoms with van der Waals surface area (Å²) in [5, 5.41) is 0. The van der Waals surface area contributed by atoms with Gasteiger partial charge in [-0.3, -0.25) is 4.79 Å². The van der Waals surface area contributed by atoms with E-state index in [1.54, 1.807) is 34.6 Å². The lowest BCUT2D eigenvalue weighted by Gasteiger charge is -2.28. The van der Waals surface area contributed by atoms with Crippen LogP contribution in [-0.4, -0.2) is 31.4 Å². The van der Waals surface area contributed by atoms with E-state index in [2.05, 4.69) is 4.74 Å². The zero-order valence-electron chi connectivity index (χ0n) is 10.5. The second kappa shape index (κ2) is 6.35. The van der Waals surface area contributed by atoms with E-state index in [1.165, 1.54) is 0 Å². The fourth-order valence-corrected chi connectivity index (χ4v) is 0.927. The average Bonchev–Trinajstić information content (AvgIpc) is 2.18. The van der Waals surface area contributed by atoms with E-state index in [1.807, 2.05) is 0 Å². The lowest BCUT2D eigenvalue weighted by Crippen LogP contribution is -2.39. The lowest BCUT2D eigenvalue weighted by atomic mass is 9.87. The molecule has 0 bridgehead atoms.